The van der Waals surface area contributed by atoms with Crippen molar-refractivity contribution in [3.05, 3.63) is 124 Å². The van der Waals surface area contributed by atoms with E-state index in [0.29, 0.717) is 52.0 Å². The number of carbonyl (C=O) groups excluding carboxylic acids is 4. The zero-order valence-electron chi connectivity index (χ0n) is 41.6. The van der Waals surface area contributed by atoms with Gasteiger partial charge in [-0.3, -0.25) is 19.2 Å². The number of unbranched alkanes of at least 4 members (excludes halogenated alkanes) is 2. The van der Waals surface area contributed by atoms with Crippen LogP contribution in [0.5, 0.6) is 23.0 Å². The molecule has 7 rings (SSSR count). The van der Waals surface area contributed by atoms with Crippen LogP contribution >= 0.6 is 22.7 Å². The van der Waals surface area contributed by atoms with Gasteiger partial charge >= 0.3 is 0 Å². The fourth-order valence-electron chi connectivity index (χ4n) is 8.61. The molecule has 3 amide bonds. The number of β-amino-alcohol motifs (C(OH)–C–C–N with tert-alkyl or cyclic N) is 1. The molecular weight excluding hydrogens is 958 g/mol. The number of hydrogen-bond donors (Lipinski definition) is 4. The van der Waals surface area contributed by atoms with Crippen LogP contribution in [0.25, 0.3) is 20.5 Å². The highest BCUT2D eigenvalue weighted by atomic mass is 32.1. The number of benzene rings is 4. The first-order chi connectivity index (χ1) is 34.5. The number of aromatic hydroxyl groups is 1. The number of aryl methyl sites for hydroxylation is 1. The molecule has 0 bridgehead atoms. The molecule has 382 valence electrons. The van der Waals surface area contributed by atoms with E-state index in [9.17, 15) is 33.8 Å². The maximum atomic E-state index is 14.1. The normalized spacial score (nSPS) is 15.7. The second-order valence-electron chi connectivity index (χ2n) is 19.1. The molecule has 3 heterocycles. The van der Waals surface area contributed by atoms with E-state index in [1.165, 1.54) is 40.5 Å². The molecule has 2 aromatic heterocycles. The Kier molecular flexibility index (Phi) is 18.2. The molecule has 14 nitrogen and oxygen atoms in total. The molecule has 1 aliphatic rings. The Bertz CT molecular complexity index is 2810. The number of aliphatic hydroxyl groups excluding tert-OH is 1. The van der Waals surface area contributed by atoms with Gasteiger partial charge in [0, 0.05) is 41.8 Å². The van der Waals surface area contributed by atoms with Gasteiger partial charge in [-0.25, -0.2) is 9.37 Å². The van der Waals surface area contributed by atoms with Crippen molar-refractivity contribution in [3.63, 3.8) is 0 Å². The minimum atomic E-state index is -0.955. The Balaban J connectivity index is 0.808. The molecule has 1 aliphatic heterocycles. The number of aromatic nitrogens is 1. The Morgan fingerprint density at radius 1 is 0.931 bits per heavy atom. The quantitative estimate of drug-likeness (QED) is 0.0355. The molecule has 0 spiro atoms. The summed E-state index contributed by atoms with van der Waals surface area (Å²) >= 11 is 2.74. The second kappa shape index (κ2) is 24.5. The number of ether oxygens (including phenoxy) is 3. The average molecular weight is 1020 g/mol. The SMILES string of the molecule is CCN(CCCCCOCC(=O)N[C@H](C(=O)N1CC(O)CC1C(=O)NC(C)c1ccc(-c2scnc2C)cc1)C(C)(C)C)CCOc1ccc(Oc2c(C(=O)c3cccc(F)c3)sc3cc(O)ccc23)cc1. The van der Waals surface area contributed by atoms with E-state index in [-0.39, 0.29) is 48.6 Å². The first-order valence-corrected chi connectivity index (χ1v) is 26.0. The number of thiazole rings is 1. The molecule has 0 radical (unpaired) electrons. The van der Waals surface area contributed by atoms with Crippen LogP contribution in [-0.2, 0) is 19.1 Å². The molecule has 1 fully saturated rings. The maximum Gasteiger partial charge on any atom is 0.246 e. The highest BCUT2D eigenvalue weighted by Gasteiger charge is 2.44. The molecule has 4 N–H and O–H groups in total. The zero-order valence-corrected chi connectivity index (χ0v) is 43.2. The average Bonchev–Trinajstić information content (AvgIpc) is 4.08. The number of aliphatic hydroxyl groups is 1. The summed E-state index contributed by atoms with van der Waals surface area (Å²) < 4.78 is 32.7. The van der Waals surface area contributed by atoms with E-state index in [2.05, 4.69) is 27.4 Å². The minimum absolute atomic E-state index is 0.0160. The number of phenolic OH excluding ortho intramolecular Hbond substituents is 1. The highest BCUT2D eigenvalue weighted by molar-refractivity contribution is 7.21. The number of phenols is 1. The molecule has 0 aliphatic carbocycles. The van der Waals surface area contributed by atoms with Gasteiger partial charge in [0.15, 0.2) is 5.75 Å². The Labute approximate surface area is 428 Å². The smallest absolute Gasteiger partial charge is 0.246 e. The van der Waals surface area contributed by atoms with E-state index in [1.54, 1.807) is 53.8 Å². The molecule has 72 heavy (non-hydrogen) atoms. The summed E-state index contributed by atoms with van der Waals surface area (Å²) in [7, 11) is 0. The highest BCUT2D eigenvalue weighted by Crippen LogP contribution is 2.43. The van der Waals surface area contributed by atoms with Crippen LogP contribution in [0.1, 0.15) is 92.8 Å². The van der Waals surface area contributed by atoms with Gasteiger partial charge in [-0.05, 0) is 117 Å². The number of ketones is 1. The van der Waals surface area contributed by atoms with Gasteiger partial charge in [0.2, 0.25) is 23.5 Å². The van der Waals surface area contributed by atoms with Crippen molar-refractivity contribution in [3.8, 4) is 33.4 Å². The number of nitrogens with zero attached hydrogens (tertiary/aromatic N) is 3. The van der Waals surface area contributed by atoms with Crippen molar-refractivity contribution in [2.24, 2.45) is 5.41 Å². The number of fused-ring (bicyclic) bond motifs is 1. The van der Waals surface area contributed by atoms with E-state index < -0.39 is 41.2 Å². The number of halogens is 1. The number of carbonyl (C=O) groups is 4. The van der Waals surface area contributed by atoms with E-state index >= 15 is 0 Å². The maximum absolute atomic E-state index is 14.1. The van der Waals surface area contributed by atoms with Gasteiger partial charge in [0.1, 0.15) is 53.2 Å². The number of thiophene rings is 1. The standard InChI is InChI=1S/C55H64FN5O9S2/c1-7-60(25-27-69-42-19-21-43(22-20-42)70-49-44-23-18-40(62)30-46(44)72-51(49)48(65)38-12-11-13-39(56)28-38)24-9-8-10-26-68-32-47(64)59-52(55(4,5)6)54(67)61-31-41(63)29-45(61)53(66)58-34(2)36-14-16-37(17-15-36)50-35(3)57-33-71-50/h11-23,28,30,33-34,41,45,52,62-63H,7-10,24-27,29,31-32H2,1-6H3,(H,58,66)(H,59,64)/t34?,41?,45?,52-/m1/s1. The molecule has 1 saturated heterocycles. The van der Waals surface area contributed by atoms with Crippen LogP contribution in [0.2, 0.25) is 0 Å². The Morgan fingerprint density at radius 2 is 1.68 bits per heavy atom. The van der Waals surface area contributed by atoms with Crippen LogP contribution in [0.15, 0.2) is 96.5 Å². The topological polar surface area (TPSA) is 180 Å². The van der Waals surface area contributed by atoms with Gasteiger partial charge < -0.3 is 44.9 Å². The lowest BCUT2D eigenvalue weighted by Crippen LogP contribution is -2.58. The fourth-order valence-corrected chi connectivity index (χ4v) is 10.6. The van der Waals surface area contributed by atoms with Gasteiger partial charge in [-0.15, -0.1) is 22.7 Å². The number of likely N-dealkylation sites (N-methyl/N-ethyl adjacent to an activating group) is 1. The third-order valence-corrected chi connectivity index (χ3v) is 14.8. The van der Waals surface area contributed by atoms with Crippen LogP contribution in [0, 0.1) is 18.2 Å². The minimum Gasteiger partial charge on any atom is -0.508 e. The summed E-state index contributed by atoms with van der Waals surface area (Å²) in [5.74, 6) is -0.606. The van der Waals surface area contributed by atoms with Gasteiger partial charge in [0.05, 0.1) is 28.2 Å². The van der Waals surface area contributed by atoms with E-state index in [4.69, 9.17) is 14.2 Å². The van der Waals surface area contributed by atoms with Crippen molar-refractivity contribution in [1.82, 2.24) is 25.4 Å². The number of likely N-dealkylation sites (tertiary alicyclic amines) is 1. The van der Waals surface area contributed by atoms with Crippen LogP contribution in [0.3, 0.4) is 0 Å². The molecule has 4 aromatic carbocycles. The molecule has 4 atom stereocenters. The van der Waals surface area contributed by atoms with Crippen molar-refractivity contribution >= 4 is 56.3 Å². The molecular formula is C55H64FN5O9S2. The van der Waals surface area contributed by atoms with Crippen molar-refractivity contribution in [1.29, 1.82) is 0 Å². The van der Waals surface area contributed by atoms with E-state index in [1.807, 2.05) is 64.4 Å². The summed E-state index contributed by atoms with van der Waals surface area (Å²) in [5, 5.41) is 27.3. The lowest BCUT2D eigenvalue weighted by molar-refractivity contribution is -0.144. The van der Waals surface area contributed by atoms with Crippen molar-refractivity contribution < 1.29 is 48.0 Å². The molecule has 0 saturated carbocycles. The summed E-state index contributed by atoms with van der Waals surface area (Å²) in [5.41, 5.74) is 4.22. The first kappa shape index (κ1) is 53.6. The third kappa shape index (κ3) is 13.8. The van der Waals surface area contributed by atoms with Crippen molar-refractivity contribution in [2.75, 3.05) is 46.0 Å². The second-order valence-corrected chi connectivity index (χ2v) is 21.0. The Hall–Kier alpha value is -6.24. The van der Waals surface area contributed by atoms with Gasteiger partial charge in [-0.1, -0.05) is 64.1 Å². The predicted molar refractivity (Wildman–Crippen MR) is 278 cm³/mol. The molecule has 3 unspecified atom stereocenters. The fraction of sp³-hybridized carbons (Fsp3) is 0.400. The zero-order chi connectivity index (χ0) is 51.5. The summed E-state index contributed by atoms with van der Waals surface area (Å²) in [4.78, 5) is 63.8. The van der Waals surface area contributed by atoms with Crippen molar-refractivity contribution in [2.45, 2.75) is 91.5 Å². The van der Waals surface area contributed by atoms with Crippen LogP contribution < -0.4 is 20.1 Å². The monoisotopic (exact) mass is 1020 g/mol. The predicted octanol–water partition coefficient (Wildman–Crippen LogP) is 9.46. The third-order valence-electron chi connectivity index (χ3n) is 12.6. The number of amides is 3. The molecule has 17 heteroatoms. The summed E-state index contributed by atoms with van der Waals surface area (Å²) in [6, 6.07) is 23.1. The van der Waals surface area contributed by atoms with Crippen LogP contribution in [0.4, 0.5) is 4.39 Å². The first-order valence-electron chi connectivity index (χ1n) is 24.3. The number of rotatable bonds is 23. The van der Waals surface area contributed by atoms with Gasteiger partial charge in [-0.2, -0.15) is 0 Å². The lowest BCUT2D eigenvalue weighted by Gasteiger charge is -2.35. The van der Waals surface area contributed by atoms with E-state index in [0.717, 1.165) is 54.0 Å². The summed E-state index contributed by atoms with van der Waals surface area (Å²) in [6.45, 7) is 14.5. The Morgan fingerprint density at radius 3 is 2.38 bits per heavy atom. The van der Waals surface area contributed by atoms with Crippen LogP contribution in [-0.4, -0.2) is 113 Å². The number of hydrogen-bond acceptors (Lipinski definition) is 13. The lowest BCUT2D eigenvalue weighted by atomic mass is 9.85. The largest absolute Gasteiger partial charge is 0.508 e. The summed E-state index contributed by atoms with van der Waals surface area (Å²) in [6.07, 6.45) is 1.77. The number of nitrogens with one attached hydrogen (secondary N) is 2. The van der Waals surface area contributed by atoms with Gasteiger partial charge in [0.25, 0.3) is 0 Å². The molecule has 6 aromatic rings.